The van der Waals surface area contributed by atoms with Gasteiger partial charge in [-0.05, 0) is 56.3 Å². The molecule has 0 saturated carbocycles. The van der Waals surface area contributed by atoms with E-state index in [1.54, 1.807) is 18.2 Å². The van der Waals surface area contributed by atoms with Crippen LogP contribution in [-0.2, 0) is 14.8 Å². The molecule has 2 N–H and O–H groups in total. The second kappa shape index (κ2) is 8.43. The molecule has 2 rings (SSSR count). The summed E-state index contributed by atoms with van der Waals surface area (Å²) in [7, 11) is -1.98. The Morgan fingerprint density at radius 1 is 1.29 bits per heavy atom. The first-order valence-electron chi connectivity index (χ1n) is 8.73. The molecule has 1 aromatic carbocycles. The molecule has 1 aliphatic heterocycles. The highest BCUT2D eigenvalue weighted by Gasteiger charge is 2.28. The minimum absolute atomic E-state index is 0.0896. The summed E-state index contributed by atoms with van der Waals surface area (Å²) >= 11 is 0. The number of hydrogen-bond donors (Lipinski definition) is 2. The second-order valence-electron chi connectivity index (χ2n) is 6.89. The van der Waals surface area contributed by atoms with E-state index >= 15 is 0 Å². The predicted molar refractivity (Wildman–Crippen MR) is 96.4 cm³/mol. The third kappa shape index (κ3) is 4.79. The highest BCUT2D eigenvalue weighted by Crippen LogP contribution is 2.26. The smallest absolute Gasteiger partial charge is 0.240 e. The monoisotopic (exact) mass is 354 g/mol. The molecular weight excluding hydrogens is 324 g/mol. The first-order valence-corrected chi connectivity index (χ1v) is 10.2. The lowest BCUT2D eigenvalue weighted by Crippen LogP contribution is -2.40. The van der Waals surface area contributed by atoms with Crippen LogP contribution in [0.3, 0.4) is 0 Å². The van der Waals surface area contributed by atoms with E-state index < -0.39 is 10.0 Å². The normalized spacial score (nSPS) is 23.4. The van der Waals surface area contributed by atoms with Crippen molar-refractivity contribution in [1.29, 1.82) is 0 Å². The highest BCUT2D eigenvalue weighted by molar-refractivity contribution is 7.89. The van der Waals surface area contributed by atoms with Crippen molar-refractivity contribution >= 4 is 10.0 Å². The number of benzene rings is 1. The van der Waals surface area contributed by atoms with Crippen molar-refractivity contribution in [2.75, 3.05) is 20.2 Å². The second-order valence-corrected chi connectivity index (χ2v) is 8.78. The van der Waals surface area contributed by atoms with Gasteiger partial charge in [0, 0.05) is 19.2 Å². The molecular formula is C18H30N2O3S. The molecule has 1 aromatic rings. The van der Waals surface area contributed by atoms with Crippen molar-refractivity contribution in [2.45, 2.75) is 50.7 Å². The molecule has 1 aliphatic rings. The molecule has 1 fully saturated rings. The van der Waals surface area contributed by atoms with Crippen LogP contribution in [0.4, 0.5) is 0 Å². The molecule has 24 heavy (non-hydrogen) atoms. The molecule has 1 heterocycles. The van der Waals surface area contributed by atoms with E-state index in [-0.39, 0.29) is 6.04 Å². The van der Waals surface area contributed by atoms with Crippen molar-refractivity contribution in [1.82, 2.24) is 10.0 Å². The molecule has 5 nitrogen and oxygen atoms in total. The van der Waals surface area contributed by atoms with E-state index in [1.807, 2.05) is 6.07 Å². The molecule has 0 bridgehead atoms. The topological polar surface area (TPSA) is 67.4 Å². The SMILES string of the molecule is CNS(=O)(=O)c1cccc(C(C)NCC2CCCOC2C(C)C)c1. The van der Waals surface area contributed by atoms with Gasteiger partial charge >= 0.3 is 0 Å². The van der Waals surface area contributed by atoms with Crippen molar-refractivity contribution in [3.63, 3.8) is 0 Å². The summed E-state index contributed by atoms with van der Waals surface area (Å²) < 4.78 is 32.2. The Hall–Kier alpha value is -0.950. The van der Waals surface area contributed by atoms with Gasteiger partial charge in [-0.1, -0.05) is 26.0 Å². The van der Waals surface area contributed by atoms with Crippen molar-refractivity contribution < 1.29 is 13.2 Å². The Labute approximate surface area is 146 Å². The van der Waals surface area contributed by atoms with Crippen LogP contribution in [0.5, 0.6) is 0 Å². The van der Waals surface area contributed by atoms with Gasteiger partial charge in [0.15, 0.2) is 0 Å². The van der Waals surface area contributed by atoms with E-state index in [9.17, 15) is 8.42 Å². The Morgan fingerprint density at radius 2 is 2.04 bits per heavy atom. The van der Waals surface area contributed by atoms with E-state index in [0.29, 0.717) is 22.8 Å². The molecule has 0 aromatic heterocycles. The van der Waals surface area contributed by atoms with Gasteiger partial charge in [0.25, 0.3) is 0 Å². The van der Waals surface area contributed by atoms with Gasteiger partial charge in [0.05, 0.1) is 11.0 Å². The molecule has 136 valence electrons. The molecule has 0 amide bonds. The maximum Gasteiger partial charge on any atom is 0.240 e. The minimum atomic E-state index is -3.41. The number of ether oxygens (including phenoxy) is 1. The summed E-state index contributed by atoms with van der Waals surface area (Å²) in [6.07, 6.45) is 2.59. The van der Waals surface area contributed by atoms with Gasteiger partial charge in [-0.3, -0.25) is 0 Å². The number of rotatable bonds is 7. The molecule has 0 spiro atoms. The van der Waals surface area contributed by atoms with Crippen LogP contribution in [0, 0.1) is 11.8 Å². The molecule has 3 unspecified atom stereocenters. The standard InChI is InChI=1S/C18H30N2O3S/c1-13(2)18-16(8-6-10-23-18)12-20-14(3)15-7-5-9-17(11-15)24(21,22)19-4/h5,7,9,11,13-14,16,18-20H,6,8,10,12H2,1-4H3. The van der Waals surface area contributed by atoms with E-state index in [0.717, 1.165) is 25.1 Å². The zero-order valence-electron chi connectivity index (χ0n) is 15.1. The summed E-state index contributed by atoms with van der Waals surface area (Å²) in [5.41, 5.74) is 0.976. The van der Waals surface area contributed by atoms with Crippen LogP contribution < -0.4 is 10.0 Å². The van der Waals surface area contributed by atoms with Gasteiger partial charge in [0.1, 0.15) is 0 Å². The summed E-state index contributed by atoms with van der Waals surface area (Å²) in [5, 5.41) is 3.55. The van der Waals surface area contributed by atoms with Gasteiger partial charge in [-0.2, -0.15) is 0 Å². The first-order chi connectivity index (χ1) is 11.3. The molecule has 1 saturated heterocycles. The first kappa shape index (κ1) is 19.4. The average Bonchev–Trinajstić information content (AvgIpc) is 2.59. The molecule has 6 heteroatoms. The van der Waals surface area contributed by atoms with Crippen molar-refractivity contribution in [2.24, 2.45) is 11.8 Å². The zero-order valence-corrected chi connectivity index (χ0v) is 15.9. The van der Waals surface area contributed by atoms with Crippen LogP contribution in [0.1, 0.15) is 45.2 Å². The van der Waals surface area contributed by atoms with Crippen LogP contribution >= 0.6 is 0 Å². The molecule has 3 atom stereocenters. The Kier molecular flexibility index (Phi) is 6.80. The third-order valence-corrected chi connectivity index (χ3v) is 6.19. The van der Waals surface area contributed by atoms with Crippen LogP contribution in [0.15, 0.2) is 29.2 Å². The summed E-state index contributed by atoms with van der Waals surface area (Å²) in [6, 6.07) is 7.20. The van der Waals surface area contributed by atoms with Crippen LogP contribution in [-0.4, -0.2) is 34.7 Å². The van der Waals surface area contributed by atoms with Gasteiger partial charge < -0.3 is 10.1 Å². The summed E-state index contributed by atoms with van der Waals surface area (Å²) in [5.74, 6) is 1.02. The van der Waals surface area contributed by atoms with Gasteiger partial charge in [-0.15, -0.1) is 0 Å². The van der Waals surface area contributed by atoms with Crippen molar-refractivity contribution in [3.05, 3.63) is 29.8 Å². The van der Waals surface area contributed by atoms with E-state index in [2.05, 4.69) is 30.8 Å². The lowest BCUT2D eigenvalue weighted by molar-refractivity contribution is -0.0521. The Bertz CT molecular complexity index is 631. The van der Waals surface area contributed by atoms with Crippen LogP contribution in [0.2, 0.25) is 0 Å². The Morgan fingerprint density at radius 3 is 2.71 bits per heavy atom. The highest BCUT2D eigenvalue weighted by atomic mass is 32.2. The number of hydrogen-bond acceptors (Lipinski definition) is 4. The maximum absolute atomic E-state index is 12.0. The molecule has 0 radical (unpaired) electrons. The quantitative estimate of drug-likeness (QED) is 0.790. The van der Waals surface area contributed by atoms with Crippen molar-refractivity contribution in [3.8, 4) is 0 Å². The third-order valence-electron chi connectivity index (χ3n) is 4.77. The van der Waals surface area contributed by atoms with Crippen LogP contribution in [0.25, 0.3) is 0 Å². The largest absolute Gasteiger partial charge is 0.378 e. The van der Waals surface area contributed by atoms with E-state index in [1.165, 1.54) is 13.5 Å². The fourth-order valence-corrected chi connectivity index (χ4v) is 4.12. The Balaban J connectivity index is 2.02. The lowest BCUT2D eigenvalue weighted by Gasteiger charge is -2.35. The number of sulfonamides is 1. The lowest BCUT2D eigenvalue weighted by atomic mass is 9.87. The fourth-order valence-electron chi connectivity index (χ4n) is 3.34. The average molecular weight is 355 g/mol. The van der Waals surface area contributed by atoms with Gasteiger partial charge in [-0.25, -0.2) is 13.1 Å². The van der Waals surface area contributed by atoms with E-state index in [4.69, 9.17) is 4.74 Å². The fraction of sp³-hybridized carbons (Fsp3) is 0.667. The zero-order chi connectivity index (χ0) is 17.7. The minimum Gasteiger partial charge on any atom is -0.378 e. The van der Waals surface area contributed by atoms with Gasteiger partial charge in [0.2, 0.25) is 10.0 Å². The summed E-state index contributed by atoms with van der Waals surface area (Å²) in [4.78, 5) is 0.303. The molecule has 0 aliphatic carbocycles. The summed E-state index contributed by atoms with van der Waals surface area (Å²) in [6.45, 7) is 8.22. The predicted octanol–water partition coefficient (Wildman–Crippen LogP) is 2.70. The maximum atomic E-state index is 12.0. The number of nitrogens with one attached hydrogen (secondary N) is 2.